The number of aromatic nitrogens is 1. The summed E-state index contributed by atoms with van der Waals surface area (Å²) in [5.74, 6) is -0.440. The van der Waals surface area contributed by atoms with Gasteiger partial charge in [-0.1, -0.05) is 6.07 Å². The van der Waals surface area contributed by atoms with Crippen molar-refractivity contribution in [2.75, 3.05) is 32.5 Å². The maximum absolute atomic E-state index is 14.7. The highest BCUT2D eigenvalue weighted by Gasteiger charge is 2.34. The van der Waals surface area contributed by atoms with Crippen LogP contribution in [0.4, 0.5) is 4.39 Å². The quantitative estimate of drug-likeness (QED) is 0.290. The zero-order valence-electron chi connectivity index (χ0n) is 19.8. The molecule has 1 aromatic carbocycles. The minimum absolute atomic E-state index is 0. The molecule has 1 aliphatic heterocycles. The van der Waals surface area contributed by atoms with E-state index in [1.54, 1.807) is 41.3 Å². The van der Waals surface area contributed by atoms with Gasteiger partial charge in [-0.15, -0.1) is 47.9 Å². The number of fused-ring (bicyclic) bond motifs is 1. The monoisotopic (exact) mass is 576 g/mol. The summed E-state index contributed by atoms with van der Waals surface area (Å²) in [6.07, 6.45) is 1.63. The lowest BCUT2D eigenvalue weighted by Crippen LogP contribution is -2.44. The number of carboxylic acids is 1. The van der Waals surface area contributed by atoms with E-state index in [0.29, 0.717) is 29.6 Å². The van der Waals surface area contributed by atoms with Gasteiger partial charge in [-0.2, -0.15) is 0 Å². The van der Waals surface area contributed by atoms with E-state index in [-0.39, 0.29) is 42.7 Å². The number of halogens is 3. The molecular formula is C25H31Cl2FN2O4S2. The molecule has 0 bridgehead atoms. The van der Waals surface area contributed by atoms with Crippen LogP contribution in [0.3, 0.4) is 0 Å². The molecule has 198 valence electrons. The number of thioether (sulfide) groups is 1. The molecule has 2 unspecified atom stereocenters. The molecule has 3 atom stereocenters. The standard InChI is InChI=1S/C25H29FN2O4S2.2ClH/c1-32-17-5-6-21-18(13-17)24(20(26)14-27-21)22(29)7-4-16-8-9-28(15-19(16)25(30)31)10-12-34-23-3-2-11-33-23;;/h2-3,5-6,11,13-14,16,19,22,29H,4,7-10,12,15H2,1H3,(H,30,31);2*1H/t16?,19?,22-;;/m1../s1. The molecule has 36 heavy (non-hydrogen) atoms. The van der Waals surface area contributed by atoms with Crippen LogP contribution in [0.2, 0.25) is 0 Å². The zero-order valence-corrected chi connectivity index (χ0v) is 23.1. The first-order valence-corrected chi connectivity index (χ1v) is 13.2. The van der Waals surface area contributed by atoms with Crippen LogP contribution in [0.5, 0.6) is 5.75 Å². The van der Waals surface area contributed by atoms with Crippen molar-refractivity contribution in [1.82, 2.24) is 9.88 Å². The van der Waals surface area contributed by atoms with Gasteiger partial charge in [0.15, 0.2) is 0 Å². The van der Waals surface area contributed by atoms with Crippen LogP contribution in [0, 0.1) is 17.7 Å². The highest BCUT2D eigenvalue weighted by Crippen LogP contribution is 2.35. The predicted octanol–water partition coefficient (Wildman–Crippen LogP) is 5.92. The van der Waals surface area contributed by atoms with E-state index >= 15 is 0 Å². The number of hydrogen-bond donors (Lipinski definition) is 2. The predicted molar refractivity (Wildman–Crippen MR) is 148 cm³/mol. The Kier molecular flexibility index (Phi) is 12.2. The Bertz CT molecular complexity index is 1120. The van der Waals surface area contributed by atoms with Crippen molar-refractivity contribution in [3.63, 3.8) is 0 Å². The van der Waals surface area contributed by atoms with Gasteiger partial charge in [0.25, 0.3) is 0 Å². The summed E-state index contributed by atoms with van der Waals surface area (Å²) >= 11 is 3.51. The van der Waals surface area contributed by atoms with Crippen LogP contribution in [0.1, 0.15) is 30.9 Å². The van der Waals surface area contributed by atoms with Crippen molar-refractivity contribution in [3.8, 4) is 5.75 Å². The second kappa shape index (κ2) is 14.4. The number of likely N-dealkylation sites (tertiary alicyclic amines) is 1. The van der Waals surface area contributed by atoms with Crippen molar-refractivity contribution >= 4 is 64.8 Å². The number of thiophene rings is 1. The molecule has 2 N–H and O–H groups in total. The molecule has 1 saturated heterocycles. The van der Waals surface area contributed by atoms with Crippen LogP contribution in [-0.2, 0) is 4.79 Å². The normalized spacial score (nSPS) is 18.8. The molecule has 0 radical (unpaired) electrons. The number of nitrogens with zero attached hydrogens (tertiary/aromatic N) is 2. The molecule has 11 heteroatoms. The summed E-state index contributed by atoms with van der Waals surface area (Å²) in [4.78, 5) is 18.3. The maximum Gasteiger partial charge on any atom is 0.308 e. The number of aliphatic hydroxyl groups excluding tert-OH is 1. The van der Waals surface area contributed by atoms with Crippen molar-refractivity contribution in [1.29, 1.82) is 0 Å². The minimum Gasteiger partial charge on any atom is -0.497 e. The number of piperidine rings is 1. The molecular weight excluding hydrogens is 546 g/mol. The summed E-state index contributed by atoms with van der Waals surface area (Å²) < 4.78 is 21.2. The number of aliphatic carboxylic acids is 1. The van der Waals surface area contributed by atoms with E-state index in [4.69, 9.17) is 4.74 Å². The topological polar surface area (TPSA) is 82.9 Å². The van der Waals surface area contributed by atoms with Crippen LogP contribution >= 0.6 is 47.9 Å². The molecule has 0 amide bonds. The Morgan fingerprint density at radius 1 is 1.36 bits per heavy atom. The average molecular weight is 578 g/mol. The Hall–Kier alpha value is -1.62. The van der Waals surface area contributed by atoms with Gasteiger partial charge in [-0.25, -0.2) is 4.39 Å². The Morgan fingerprint density at radius 3 is 2.86 bits per heavy atom. The van der Waals surface area contributed by atoms with Crippen molar-refractivity contribution in [3.05, 3.63) is 53.3 Å². The number of rotatable bonds is 10. The van der Waals surface area contributed by atoms with E-state index in [2.05, 4.69) is 21.3 Å². The summed E-state index contributed by atoms with van der Waals surface area (Å²) in [6, 6.07) is 9.28. The van der Waals surface area contributed by atoms with Crippen molar-refractivity contribution in [2.24, 2.45) is 11.8 Å². The molecule has 1 aliphatic rings. The highest BCUT2D eigenvalue weighted by molar-refractivity contribution is 8.01. The largest absolute Gasteiger partial charge is 0.497 e. The van der Waals surface area contributed by atoms with E-state index in [0.717, 1.165) is 31.5 Å². The fourth-order valence-electron chi connectivity index (χ4n) is 4.67. The average Bonchev–Trinajstić information content (AvgIpc) is 3.36. The zero-order chi connectivity index (χ0) is 24.1. The van der Waals surface area contributed by atoms with E-state index in [1.165, 1.54) is 11.3 Å². The second-order valence-electron chi connectivity index (χ2n) is 8.57. The van der Waals surface area contributed by atoms with Gasteiger partial charge in [0, 0.05) is 29.8 Å². The Balaban J connectivity index is 0.00000228. The van der Waals surface area contributed by atoms with Gasteiger partial charge in [-0.3, -0.25) is 9.78 Å². The summed E-state index contributed by atoms with van der Waals surface area (Å²) in [7, 11) is 1.53. The summed E-state index contributed by atoms with van der Waals surface area (Å²) in [5, 5.41) is 23.3. The van der Waals surface area contributed by atoms with Crippen molar-refractivity contribution in [2.45, 2.75) is 29.6 Å². The number of hydrogen-bond acceptors (Lipinski definition) is 7. The van der Waals surface area contributed by atoms with E-state index < -0.39 is 23.8 Å². The third-order valence-corrected chi connectivity index (χ3v) is 8.63. The van der Waals surface area contributed by atoms with Gasteiger partial charge in [0.05, 0.1) is 35.1 Å². The van der Waals surface area contributed by atoms with Gasteiger partial charge in [-0.05, 0) is 61.4 Å². The molecule has 4 rings (SSSR count). The van der Waals surface area contributed by atoms with Gasteiger partial charge >= 0.3 is 5.97 Å². The first-order chi connectivity index (χ1) is 16.5. The van der Waals surface area contributed by atoms with Gasteiger partial charge < -0.3 is 19.8 Å². The summed E-state index contributed by atoms with van der Waals surface area (Å²) in [6.45, 7) is 2.18. The number of carboxylic acid groups (broad SMARTS) is 1. The summed E-state index contributed by atoms with van der Waals surface area (Å²) in [5.41, 5.74) is 0.771. The van der Waals surface area contributed by atoms with Gasteiger partial charge in [0.2, 0.25) is 0 Å². The third-order valence-electron chi connectivity index (χ3n) is 6.52. The third kappa shape index (κ3) is 7.46. The lowest BCUT2D eigenvalue weighted by Gasteiger charge is -2.36. The Morgan fingerprint density at radius 2 is 2.17 bits per heavy atom. The minimum atomic E-state index is -1.05. The second-order valence-corrected chi connectivity index (χ2v) is 10.9. The molecule has 0 aliphatic carbocycles. The number of methoxy groups -OCH3 is 1. The number of aliphatic hydroxyl groups is 1. The van der Waals surface area contributed by atoms with Crippen LogP contribution in [0.15, 0.2) is 46.1 Å². The Labute approximate surface area is 231 Å². The van der Waals surface area contributed by atoms with Crippen molar-refractivity contribution < 1.29 is 24.1 Å². The van der Waals surface area contributed by atoms with E-state index in [1.807, 2.05) is 6.07 Å². The van der Waals surface area contributed by atoms with Crippen LogP contribution in [0.25, 0.3) is 10.9 Å². The van der Waals surface area contributed by atoms with Crippen LogP contribution in [-0.4, -0.2) is 58.6 Å². The molecule has 6 nitrogen and oxygen atoms in total. The number of carbonyl (C=O) groups is 1. The molecule has 0 spiro atoms. The van der Waals surface area contributed by atoms with Crippen LogP contribution < -0.4 is 4.74 Å². The highest BCUT2D eigenvalue weighted by atomic mass is 35.5. The number of pyridine rings is 1. The molecule has 3 aromatic rings. The molecule has 0 saturated carbocycles. The SMILES string of the molecule is COc1ccc2ncc(F)c([C@H](O)CCC3CCN(CCSc4cccs4)CC3C(=O)O)c2c1.Cl.Cl. The first kappa shape index (κ1) is 30.6. The smallest absolute Gasteiger partial charge is 0.308 e. The van der Waals surface area contributed by atoms with E-state index in [9.17, 15) is 19.4 Å². The number of benzene rings is 1. The number of ether oxygens (including phenoxy) is 1. The maximum atomic E-state index is 14.7. The molecule has 1 fully saturated rings. The lowest BCUT2D eigenvalue weighted by atomic mass is 9.81. The van der Waals surface area contributed by atoms with Gasteiger partial charge in [0.1, 0.15) is 11.6 Å². The lowest BCUT2D eigenvalue weighted by molar-refractivity contribution is -0.146. The molecule has 2 aromatic heterocycles. The molecule has 3 heterocycles. The first-order valence-electron chi connectivity index (χ1n) is 11.4. The fourth-order valence-corrected chi connectivity index (χ4v) is 6.53. The fraction of sp³-hybridized carbons (Fsp3) is 0.440.